The molecule has 0 unspecified atom stereocenters. The third-order valence-corrected chi connectivity index (χ3v) is 5.90. The summed E-state index contributed by atoms with van der Waals surface area (Å²) in [6.45, 7) is 5.44. The number of anilines is 2. The Morgan fingerprint density at radius 2 is 1.77 bits per heavy atom. The van der Waals surface area contributed by atoms with Gasteiger partial charge in [-0.05, 0) is 66.9 Å². The van der Waals surface area contributed by atoms with Crippen molar-refractivity contribution in [3.63, 3.8) is 0 Å². The van der Waals surface area contributed by atoms with E-state index < -0.39 is 0 Å². The SMILES string of the molecule is CC(=O)c1ccc(N2CCN(Sc3ccc4c(c3)CC(=O)N4)CC2)cc1. The van der Waals surface area contributed by atoms with E-state index in [9.17, 15) is 9.59 Å². The molecule has 2 aliphatic heterocycles. The van der Waals surface area contributed by atoms with E-state index in [0.717, 1.165) is 43.0 Å². The Kier molecular flexibility index (Phi) is 4.70. The van der Waals surface area contributed by atoms with Gasteiger partial charge in [-0.2, -0.15) is 0 Å². The van der Waals surface area contributed by atoms with E-state index in [-0.39, 0.29) is 11.7 Å². The molecule has 26 heavy (non-hydrogen) atoms. The zero-order chi connectivity index (χ0) is 18.1. The van der Waals surface area contributed by atoms with Gasteiger partial charge < -0.3 is 10.2 Å². The molecular weight excluding hydrogens is 346 g/mol. The van der Waals surface area contributed by atoms with Gasteiger partial charge >= 0.3 is 0 Å². The second-order valence-corrected chi connectivity index (χ2v) is 7.82. The minimum atomic E-state index is 0.0755. The first kappa shape index (κ1) is 17.1. The van der Waals surface area contributed by atoms with Crippen molar-refractivity contribution in [3.8, 4) is 0 Å². The lowest BCUT2D eigenvalue weighted by Crippen LogP contribution is -2.43. The number of hydrogen-bond acceptors (Lipinski definition) is 5. The van der Waals surface area contributed by atoms with Gasteiger partial charge in [0.25, 0.3) is 0 Å². The van der Waals surface area contributed by atoms with Crippen molar-refractivity contribution in [2.75, 3.05) is 36.4 Å². The molecule has 2 aromatic rings. The molecule has 2 aromatic carbocycles. The van der Waals surface area contributed by atoms with E-state index in [2.05, 4.69) is 26.7 Å². The van der Waals surface area contributed by atoms with Crippen molar-refractivity contribution in [3.05, 3.63) is 53.6 Å². The maximum atomic E-state index is 11.5. The second-order valence-electron chi connectivity index (χ2n) is 6.65. The first-order chi connectivity index (χ1) is 12.6. The maximum absolute atomic E-state index is 11.5. The third-order valence-electron chi connectivity index (χ3n) is 4.81. The Morgan fingerprint density at radius 1 is 1.04 bits per heavy atom. The van der Waals surface area contributed by atoms with Gasteiger partial charge in [0, 0.05) is 48.0 Å². The molecule has 4 rings (SSSR count). The Morgan fingerprint density at radius 3 is 2.46 bits per heavy atom. The van der Waals surface area contributed by atoms with Crippen molar-refractivity contribution < 1.29 is 9.59 Å². The fourth-order valence-electron chi connectivity index (χ4n) is 3.36. The number of piperazine rings is 1. The van der Waals surface area contributed by atoms with Gasteiger partial charge in [0.2, 0.25) is 5.91 Å². The largest absolute Gasteiger partial charge is 0.369 e. The van der Waals surface area contributed by atoms with Crippen LogP contribution in [0.5, 0.6) is 0 Å². The average molecular weight is 367 g/mol. The van der Waals surface area contributed by atoms with Gasteiger partial charge in [0.05, 0.1) is 6.42 Å². The molecule has 0 saturated carbocycles. The number of ketones is 1. The predicted molar refractivity (Wildman–Crippen MR) is 105 cm³/mol. The van der Waals surface area contributed by atoms with E-state index >= 15 is 0 Å². The monoisotopic (exact) mass is 367 g/mol. The molecule has 0 radical (unpaired) electrons. The number of benzene rings is 2. The Balaban J connectivity index is 1.34. The van der Waals surface area contributed by atoms with Crippen LogP contribution in [-0.4, -0.2) is 42.2 Å². The highest BCUT2D eigenvalue weighted by molar-refractivity contribution is 7.97. The topological polar surface area (TPSA) is 52.7 Å². The maximum Gasteiger partial charge on any atom is 0.228 e. The summed E-state index contributed by atoms with van der Waals surface area (Å²) < 4.78 is 2.37. The number of rotatable bonds is 4. The number of Topliss-reactive ketones (excluding diaryl/α,β-unsaturated/α-hetero) is 1. The molecule has 5 nitrogen and oxygen atoms in total. The molecule has 0 aliphatic carbocycles. The molecule has 0 spiro atoms. The van der Waals surface area contributed by atoms with Crippen LogP contribution in [0.25, 0.3) is 0 Å². The third kappa shape index (κ3) is 3.61. The van der Waals surface area contributed by atoms with Gasteiger partial charge in [-0.3, -0.25) is 9.59 Å². The Hall–Kier alpha value is -2.31. The van der Waals surface area contributed by atoms with Crippen LogP contribution in [-0.2, 0) is 11.2 Å². The normalized spacial score (nSPS) is 17.1. The number of fused-ring (bicyclic) bond motifs is 1. The summed E-state index contributed by atoms with van der Waals surface area (Å²) in [6.07, 6.45) is 0.480. The molecule has 1 N–H and O–H groups in total. The van der Waals surface area contributed by atoms with E-state index in [0.29, 0.717) is 6.42 Å². The van der Waals surface area contributed by atoms with Crippen LogP contribution in [0.15, 0.2) is 47.4 Å². The van der Waals surface area contributed by atoms with Gasteiger partial charge in [-0.25, -0.2) is 4.31 Å². The van der Waals surface area contributed by atoms with Crippen molar-refractivity contribution in [1.29, 1.82) is 0 Å². The van der Waals surface area contributed by atoms with Crippen molar-refractivity contribution in [2.45, 2.75) is 18.2 Å². The molecule has 1 saturated heterocycles. The average Bonchev–Trinajstić information content (AvgIpc) is 3.02. The summed E-state index contributed by atoms with van der Waals surface area (Å²) >= 11 is 1.76. The molecule has 0 aromatic heterocycles. The quantitative estimate of drug-likeness (QED) is 0.664. The highest BCUT2D eigenvalue weighted by atomic mass is 32.2. The molecular formula is C20H21N3O2S. The van der Waals surface area contributed by atoms with Crippen LogP contribution in [0.2, 0.25) is 0 Å². The molecule has 134 valence electrons. The number of amides is 1. The highest BCUT2D eigenvalue weighted by Gasteiger charge is 2.21. The minimum absolute atomic E-state index is 0.0755. The van der Waals surface area contributed by atoms with E-state index in [1.165, 1.54) is 10.6 Å². The summed E-state index contributed by atoms with van der Waals surface area (Å²) in [6, 6.07) is 14.0. The summed E-state index contributed by atoms with van der Waals surface area (Å²) in [4.78, 5) is 26.4. The molecule has 2 aliphatic rings. The van der Waals surface area contributed by atoms with E-state index in [1.807, 2.05) is 30.3 Å². The molecule has 2 heterocycles. The van der Waals surface area contributed by atoms with Crippen LogP contribution >= 0.6 is 11.9 Å². The molecule has 6 heteroatoms. The fraction of sp³-hybridized carbons (Fsp3) is 0.300. The first-order valence-corrected chi connectivity index (χ1v) is 9.57. The number of nitrogens with zero attached hydrogens (tertiary/aromatic N) is 2. The Labute approximate surface area is 157 Å². The van der Waals surface area contributed by atoms with E-state index in [1.54, 1.807) is 18.9 Å². The number of carbonyl (C=O) groups excluding carboxylic acids is 2. The van der Waals surface area contributed by atoms with Crippen LogP contribution in [0.3, 0.4) is 0 Å². The van der Waals surface area contributed by atoms with Crippen LogP contribution in [0, 0.1) is 0 Å². The van der Waals surface area contributed by atoms with Gasteiger partial charge in [0.1, 0.15) is 0 Å². The zero-order valence-electron chi connectivity index (χ0n) is 14.7. The van der Waals surface area contributed by atoms with Crippen molar-refractivity contribution in [1.82, 2.24) is 4.31 Å². The summed E-state index contributed by atoms with van der Waals surface area (Å²) in [5, 5.41) is 2.87. The fourth-order valence-corrected chi connectivity index (χ4v) is 4.32. The minimum Gasteiger partial charge on any atom is -0.369 e. The number of carbonyl (C=O) groups is 2. The predicted octanol–water partition coefficient (Wildman–Crippen LogP) is 3.21. The molecule has 1 amide bonds. The standard InChI is InChI=1S/C20H21N3O2S/c1-14(24)15-2-4-17(5-3-15)22-8-10-23(11-9-22)26-18-6-7-19-16(12-18)13-20(25)21-19/h2-7,12H,8-11,13H2,1H3,(H,21,25). The lowest BCUT2D eigenvalue weighted by molar-refractivity contribution is -0.115. The smallest absolute Gasteiger partial charge is 0.228 e. The second kappa shape index (κ2) is 7.13. The number of hydrogen-bond donors (Lipinski definition) is 1. The highest BCUT2D eigenvalue weighted by Crippen LogP contribution is 2.31. The molecule has 1 fully saturated rings. The lowest BCUT2D eigenvalue weighted by atomic mass is 10.1. The van der Waals surface area contributed by atoms with Gasteiger partial charge in [-0.1, -0.05) is 0 Å². The van der Waals surface area contributed by atoms with E-state index in [4.69, 9.17) is 0 Å². The van der Waals surface area contributed by atoms with Gasteiger partial charge in [-0.15, -0.1) is 0 Å². The zero-order valence-corrected chi connectivity index (χ0v) is 15.5. The van der Waals surface area contributed by atoms with Crippen molar-refractivity contribution >= 4 is 35.0 Å². The first-order valence-electron chi connectivity index (χ1n) is 8.80. The Bertz CT molecular complexity index is 843. The lowest BCUT2D eigenvalue weighted by Gasteiger charge is -2.35. The molecule has 0 bridgehead atoms. The summed E-state index contributed by atoms with van der Waals surface area (Å²) in [5.41, 5.74) is 3.96. The summed E-state index contributed by atoms with van der Waals surface area (Å²) in [7, 11) is 0. The van der Waals surface area contributed by atoms with Gasteiger partial charge in [0.15, 0.2) is 5.78 Å². The van der Waals surface area contributed by atoms with Crippen LogP contribution < -0.4 is 10.2 Å². The van der Waals surface area contributed by atoms with Crippen LogP contribution in [0.1, 0.15) is 22.8 Å². The van der Waals surface area contributed by atoms with Crippen molar-refractivity contribution in [2.24, 2.45) is 0 Å². The molecule has 0 atom stereocenters. The summed E-state index contributed by atoms with van der Waals surface area (Å²) in [5.74, 6) is 0.176. The number of nitrogens with one attached hydrogen (secondary N) is 1. The van der Waals surface area contributed by atoms with Crippen LogP contribution in [0.4, 0.5) is 11.4 Å².